The molecule has 2 aromatic carbocycles. The molecule has 0 spiro atoms. The summed E-state index contributed by atoms with van der Waals surface area (Å²) in [6.45, 7) is 2.06. The Kier molecular flexibility index (Phi) is 4.57. The number of allylic oxidation sites excluding steroid dienone is 2. The SMILES string of the molecule is COc1cccc(/C=C(C)/C=[C]/c2ccccc2)c1. The largest absolute Gasteiger partial charge is 0.497 e. The van der Waals surface area contributed by atoms with E-state index in [-0.39, 0.29) is 0 Å². The van der Waals surface area contributed by atoms with Gasteiger partial charge in [-0.15, -0.1) is 0 Å². The summed E-state index contributed by atoms with van der Waals surface area (Å²) in [7, 11) is 1.68. The molecule has 0 fully saturated rings. The van der Waals surface area contributed by atoms with Crippen molar-refractivity contribution in [3.63, 3.8) is 0 Å². The Balaban J connectivity index is 2.12. The zero-order valence-electron chi connectivity index (χ0n) is 11.3. The van der Waals surface area contributed by atoms with E-state index in [4.69, 9.17) is 4.74 Å². The minimum Gasteiger partial charge on any atom is -0.497 e. The molecule has 0 saturated heterocycles. The van der Waals surface area contributed by atoms with Crippen LogP contribution in [0.25, 0.3) is 6.08 Å². The van der Waals surface area contributed by atoms with E-state index in [1.54, 1.807) is 7.11 Å². The molecule has 2 rings (SSSR count). The summed E-state index contributed by atoms with van der Waals surface area (Å²) in [5.74, 6) is 0.873. The van der Waals surface area contributed by atoms with Gasteiger partial charge in [-0.05, 0) is 41.8 Å². The second-order valence-corrected chi connectivity index (χ2v) is 4.32. The van der Waals surface area contributed by atoms with Gasteiger partial charge in [-0.3, -0.25) is 0 Å². The molecule has 0 heterocycles. The molecule has 2 aromatic rings. The normalized spacial score (nSPS) is 11.8. The Morgan fingerprint density at radius 3 is 2.58 bits per heavy atom. The highest BCUT2D eigenvalue weighted by molar-refractivity contribution is 5.57. The minimum absolute atomic E-state index is 0.873. The lowest BCUT2D eigenvalue weighted by atomic mass is 10.1. The molecule has 0 aliphatic rings. The number of rotatable bonds is 4. The Labute approximate surface area is 114 Å². The van der Waals surface area contributed by atoms with Crippen LogP contribution < -0.4 is 4.74 Å². The molecule has 0 N–H and O–H groups in total. The van der Waals surface area contributed by atoms with Crippen LogP contribution in [0.15, 0.2) is 66.2 Å². The van der Waals surface area contributed by atoms with Gasteiger partial charge < -0.3 is 4.74 Å². The Morgan fingerprint density at radius 1 is 1.05 bits per heavy atom. The lowest BCUT2D eigenvalue weighted by Crippen LogP contribution is -1.82. The first-order valence-corrected chi connectivity index (χ1v) is 6.25. The molecule has 95 valence electrons. The molecule has 1 heteroatoms. The number of benzene rings is 2. The standard InChI is InChI=1S/C18H17O/c1-15(11-12-16-7-4-3-5-8-16)13-17-9-6-10-18(14-17)19-2/h3-11,13-14H,1-2H3/b12-11?,15-13+. The van der Waals surface area contributed by atoms with E-state index in [2.05, 4.69) is 25.1 Å². The van der Waals surface area contributed by atoms with Crippen LogP contribution in [0.3, 0.4) is 0 Å². The second-order valence-electron chi connectivity index (χ2n) is 4.32. The topological polar surface area (TPSA) is 9.23 Å². The van der Waals surface area contributed by atoms with Gasteiger partial charge >= 0.3 is 0 Å². The van der Waals surface area contributed by atoms with Crippen molar-refractivity contribution < 1.29 is 4.74 Å². The van der Waals surface area contributed by atoms with Gasteiger partial charge in [0.2, 0.25) is 0 Å². The summed E-state index contributed by atoms with van der Waals surface area (Å²) in [4.78, 5) is 0. The Bertz CT molecular complexity index is 580. The molecule has 0 unspecified atom stereocenters. The Hall–Kier alpha value is -2.28. The average molecular weight is 249 g/mol. The van der Waals surface area contributed by atoms with E-state index >= 15 is 0 Å². The summed E-state index contributed by atoms with van der Waals surface area (Å²) in [5.41, 5.74) is 3.36. The van der Waals surface area contributed by atoms with E-state index in [1.165, 1.54) is 0 Å². The fraction of sp³-hybridized carbons (Fsp3) is 0.111. The van der Waals surface area contributed by atoms with Gasteiger partial charge in [-0.1, -0.05) is 54.6 Å². The predicted molar refractivity (Wildman–Crippen MR) is 80.0 cm³/mol. The van der Waals surface area contributed by atoms with Crippen molar-refractivity contribution in [2.24, 2.45) is 0 Å². The summed E-state index contributed by atoms with van der Waals surface area (Å²) in [6, 6.07) is 18.1. The Morgan fingerprint density at radius 2 is 1.84 bits per heavy atom. The van der Waals surface area contributed by atoms with E-state index in [0.29, 0.717) is 0 Å². The summed E-state index contributed by atoms with van der Waals surface area (Å²) in [5, 5.41) is 0. The van der Waals surface area contributed by atoms with Gasteiger partial charge in [0.15, 0.2) is 0 Å². The van der Waals surface area contributed by atoms with Crippen LogP contribution in [-0.2, 0) is 0 Å². The number of ether oxygens (including phenoxy) is 1. The van der Waals surface area contributed by atoms with Crippen molar-refractivity contribution in [3.05, 3.63) is 83.4 Å². The highest BCUT2D eigenvalue weighted by Gasteiger charge is 1.93. The maximum atomic E-state index is 5.21. The average Bonchev–Trinajstić information content (AvgIpc) is 2.46. The van der Waals surface area contributed by atoms with Crippen LogP contribution in [0.5, 0.6) is 5.75 Å². The van der Waals surface area contributed by atoms with Crippen LogP contribution in [0.2, 0.25) is 0 Å². The number of methoxy groups -OCH3 is 1. The van der Waals surface area contributed by atoms with Gasteiger partial charge in [0.05, 0.1) is 7.11 Å². The van der Waals surface area contributed by atoms with Crippen LogP contribution in [0, 0.1) is 6.08 Å². The maximum Gasteiger partial charge on any atom is 0.119 e. The maximum absolute atomic E-state index is 5.21. The summed E-state index contributed by atoms with van der Waals surface area (Å²) < 4.78 is 5.21. The summed E-state index contributed by atoms with van der Waals surface area (Å²) in [6.07, 6.45) is 7.37. The molecule has 0 aromatic heterocycles. The van der Waals surface area contributed by atoms with Crippen LogP contribution in [-0.4, -0.2) is 7.11 Å². The minimum atomic E-state index is 0.873. The van der Waals surface area contributed by atoms with Gasteiger partial charge in [-0.2, -0.15) is 0 Å². The lowest BCUT2D eigenvalue weighted by Gasteiger charge is -2.01. The molecule has 0 amide bonds. The molecular weight excluding hydrogens is 232 g/mol. The van der Waals surface area contributed by atoms with Crippen molar-refractivity contribution >= 4 is 6.08 Å². The highest BCUT2D eigenvalue weighted by atomic mass is 16.5. The van der Waals surface area contributed by atoms with Gasteiger partial charge in [0.25, 0.3) is 0 Å². The van der Waals surface area contributed by atoms with Gasteiger partial charge in [0, 0.05) is 0 Å². The zero-order chi connectivity index (χ0) is 13.5. The van der Waals surface area contributed by atoms with Crippen LogP contribution in [0.1, 0.15) is 18.1 Å². The first kappa shape index (κ1) is 13.2. The first-order valence-electron chi connectivity index (χ1n) is 6.25. The smallest absolute Gasteiger partial charge is 0.119 e. The molecule has 0 saturated carbocycles. The number of hydrogen-bond acceptors (Lipinski definition) is 1. The van der Waals surface area contributed by atoms with Crippen molar-refractivity contribution in [1.29, 1.82) is 0 Å². The molecule has 0 aliphatic carbocycles. The van der Waals surface area contributed by atoms with E-state index in [1.807, 2.05) is 54.6 Å². The van der Waals surface area contributed by atoms with Crippen LogP contribution in [0.4, 0.5) is 0 Å². The molecular formula is C18H17O. The molecule has 19 heavy (non-hydrogen) atoms. The lowest BCUT2D eigenvalue weighted by molar-refractivity contribution is 0.414. The van der Waals surface area contributed by atoms with Crippen molar-refractivity contribution in [2.45, 2.75) is 6.92 Å². The van der Waals surface area contributed by atoms with E-state index in [9.17, 15) is 0 Å². The molecule has 1 radical (unpaired) electrons. The van der Waals surface area contributed by atoms with E-state index in [0.717, 1.165) is 22.4 Å². The predicted octanol–water partition coefficient (Wildman–Crippen LogP) is 4.51. The number of hydrogen-bond donors (Lipinski definition) is 0. The second kappa shape index (κ2) is 6.60. The van der Waals surface area contributed by atoms with Crippen molar-refractivity contribution in [2.75, 3.05) is 7.11 Å². The third-order valence-electron chi connectivity index (χ3n) is 2.73. The monoisotopic (exact) mass is 249 g/mol. The zero-order valence-corrected chi connectivity index (χ0v) is 11.3. The quantitative estimate of drug-likeness (QED) is 0.725. The first-order chi connectivity index (χ1) is 9.28. The third-order valence-corrected chi connectivity index (χ3v) is 2.73. The molecule has 1 nitrogen and oxygen atoms in total. The van der Waals surface area contributed by atoms with Crippen LogP contribution >= 0.6 is 0 Å². The molecule has 0 aliphatic heterocycles. The molecule has 0 atom stereocenters. The van der Waals surface area contributed by atoms with E-state index < -0.39 is 0 Å². The van der Waals surface area contributed by atoms with Crippen molar-refractivity contribution in [1.82, 2.24) is 0 Å². The highest BCUT2D eigenvalue weighted by Crippen LogP contribution is 2.15. The fourth-order valence-corrected chi connectivity index (χ4v) is 1.77. The molecule has 0 bridgehead atoms. The summed E-state index contributed by atoms with van der Waals surface area (Å²) >= 11 is 0. The fourth-order valence-electron chi connectivity index (χ4n) is 1.77. The van der Waals surface area contributed by atoms with Gasteiger partial charge in [-0.25, -0.2) is 0 Å². The van der Waals surface area contributed by atoms with Gasteiger partial charge in [0.1, 0.15) is 5.75 Å². The third kappa shape index (κ3) is 4.14. The van der Waals surface area contributed by atoms with Crippen molar-refractivity contribution in [3.8, 4) is 5.75 Å².